The highest BCUT2D eigenvalue weighted by atomic mass is 35.5. The van der Waals surface area contributed by atoms with Crippen LogP contribution < -0.4 is 0 Å². The van der Waals surface area contributed by atoms with Gasteiger partial charge < -0.3 is 4.90 Å². The molecule has 3 nitrogen and oxygen atoms in total. The summed E-state index contributed by atoms with van der Waals surface area (Å²) < 4.78 is 0.609. The highest BCUT2D eigenvalue weighted by molar-refractivity contribution is 7.18. The molecule has 0 aromatic carbocycles. The van der Waals surface area contributed by atoms with Crippen molar-refractivity contribution in [3.8, 4) is 0 Å². The van der Waals surface area contributed by atoms with Crippen LogP contribution in [0.15, 0.2) is 12.1 Å². The second-order valence-corrected chi connectivity index (χ2v) is 7.17. The van der Waals surface area contributed by atoms with E-state index in [-0.39, 0.29) is 30.2 Å². The van der Waals surface area contributed by atoms with Gasteiger partial charge in [0, 0.05) is 24.9 Å². The Bertz CT molecular complexity index is 490. The largest absolute Gasteiger partial charge is 0.337 e. The van der Waals surface area contributed by atoms with Gasteiger partial charge in [-0.05, 0) is 45.2 Å². The monoisotopic (exact) mass is 313 g/mol. The fraction of sp³-hybridized carbons (Fsp3) is 0.600. The lowest BCUT2D eigenvalue weighted by atomic mass is 9.96. The zero-order chi connectivity index (χ0) is 14.7. The van der Waals surface area contributed by atoms with Gasteiger partial charge in [0.1, 0.15) is 0 Å². The zero-order valence-electron chi connectivity index (χ0n) is 11.9. The van der Waals surface area contributed by atoms with Gasteiger partial charge in [-0.2, -0.15) is 0 Å². The number of halogens is 1. The summed E-state index contributed by atoms with van der Waals surface area (Å²) in [5.41, 5.74) is 0. The number of carbonyl (C=O) groups excluding carboxylic acids is 2. The number of likely N-dealkylation sites (tertiary alicyclic amines) is 1. The number of hydrogen-bond donors (Lipinski definition) is 0. The average Bonchev–Trinajstić information content (AvgIpc) is 2.82. The Morgan fingerprint density at radius 1 is 1.25 bits per heavy atom. The number of rotatable bonds is 4. The Balaban J connectivity index is 1.90. The molecule has 5 heteroatoms. The molecule has 1 aromatic rings. The van der Waals surface area contributed by atoms with Crippen LogP contribution in [-0.4, -0.2) is 28.7 Å². The number of ketones is 1. The van der Waals surface area contributed by atoms with Crippen molar-refractivity contribution in [3.63, 3.8) is 0 Å². The Morgan fingerprint density at radius 3 is 2.45 bits per heavy atom. The van der Waals surface area contributed by atoms with Crippen LogP contribution in [0.2, 0.25) is 4.34 Å². The van der Waals surface area contributed by atoms with Crippen molar-refractivity contribution in [2.45, 2.75) is 58.0 Å². The summed E-state index contributed by atoms with van der Waals surface area (Å²) in [5.74, 6) is 0.105. The van der Waals surface area contributed by atoms with Crippen molar-refractivity contribution in [1.82, 2.24) is 4.90 Å². The van der Waals surface area contributed by atoms with Gasteiger partial charge in [0.05, 0.1) is 9.21 Å². The van der Waals surface area contributed by atoms with E-state index in [1.807, 2.05) is 4.90 Å². The average molecular weight is 314 g/mol. The third kappa shape index (κ3) is 3.61. The minimum Gasteiger partial charge on any atom is -0.337 e. The van der Waals surface area contributed by atoms with Crippen LogP contribution in [-0.2, 0) is 4.79 Å². The molecular weight excluding hydrogens is 294 g/mol. The fourth-order valence-electron chi connectivity index (χ4n) is 2.85. The van der Waals surface area contributed by atoms with E-state index in [9.17, 15) is 9.59 Å². The first kappa shape index (κ1) is 15.5. The molecular formula is C15H20ClNO2S. The van der Waals surface area contributed by atoms with E-state index in [0.29, 0.717) is 15.6 Å². The number of piperidine rings is 1. The van der Waals surface area contributed by atoms with E-state index in [2.05, 4.69) is 13.8 Å². The number of hydrogen-bond acceptors (Lipinski definition) is 3. The Labute approximate surface area is 128 Å². The second-order valence-electron chi connectivity index (χ2n) is 5.46. The van der Waals surface area contributed by atoms with Crippen molar-refractivity contribution in [2.24, 2.45) is 0 Å². The molecule has 1 aliphatic rings. The van der Waals surface area contributed by atoms with Gasteiger partial charge in [-0.1, -0.05) is 11.6 Å². The van der Waals surface area contributed by atoms with Crippen LogP contribution in [0, 0.1) is 0 Å². The molecule has 1 aliphatic heterocycles. The molecule has 2 heterocycles. The minimum absolute atomic E-state index is 0.00701. The summed E-state index contributed by atoms with van der Waals surface area (Å²) in [6.45, 7) is 4.18. The topological polar surface area (TPSA) is 37.4 Å². The van der Waals surface area contributed by atoms with Crippen LogP contribution in [0.5, 0.6) is 0 Å². The molecule has 0 aliphatic carbocycles. The molecule has 20 heavy (non-hydrogen) atoms. The lowest BCUT2D eigenvalue weighted by Crippen LogP contribution is -2.47. The van der Waals surface area contributed by atoms with E-state index < -0.39 is 0 Å². The molecule has 0 bridgehead atoms. The third-order valence-corrected chi connectivity index (χ3v) is 5.17. The molecule has 2 atom stereocenters. The predicted octanol–water partition coefficient (Wildman–Crippen LogP) is 4.15. The molecule has 0 N–H and O–H groups in total. The van der Waals surface area contributed by atoms with Crippen molar-refractivity contribution in [1.29, 1.82) is 0 Å². The first-order chi connectivity index (χ1) is 9.49. The summed E-state index contributed by atoms with van der Waals surface area (Å²) in [7, 11) is 0. The summed E-state index contributed by atoms with van der Waals surface area (Å²) in [6.07, 6.45) is 3.86. The minimum atomic E-state index is 0.00701. The lowest BCUT2D eigenvalue weighted by Gasteiger charge is -2.39. The van der Waals surface area contributed by atoms with Crippen molar-refractivity contribution in [3.05, 3.63) is 21.3 Å². The SMILES string of the molecule is CC1CCCC(C)N1C(=O)CCC(=O)c1ccc(Cl)s1. The van der Waals surface area contributed by atoms with Crippen LogP contribution in [0.1, 0.15) is 55.6 Å². The van der Waals surface area contributed by atoms with Crippen molar-refractivity contribution < 1.29 is 9.59 Å². The summed E-state index contributed by atoms with van der Waals surface area (Å²) >= 11 is 7.09. The van der Waals surface area contributed by atoms with E-state index in [1.165, 1.54) is 17.8 Å². The van der Waals surface area contributed by atoms with Gasteiger partial charge in [-0.25, -0.2) is 0 Å². The molecule has 110 valence electrons. The summed E-state index contributed by atoms with van der Waals surface area (Å²) in [6, 6.07) is 4.03. The van der Waals surface area contributed by atoms with Gasteiger partial charge in [-0.3, -0.25) is 9.59 Å². The molecule has 0 radical (unpaired) electrons. The molecule has 2 unspecified atom stereocenters. The molecule has 1 aromatic heterocycles. The Hall–Kier alpha value is -0.870. The Morgan fingerprint density at radius 2 is 1.90 bits per heavy atom. The highest BCUT2D eigenvalue weighted by Gasteiger charge is 2.28. The summed E-state index contributed by atoms with van der Waals surface area (Å²) in [4.78, 5) is 26.9. The van der Waals surface area contributed by atoms with Gasteiger partial charge in [0.2, 0.25) is 5.91 Å². The van der Waals surface area contributed by atoms with Gasteiger partial charge in [0.15, 0.2) is 5.78 Å². The van der Waals surface area contributed by atoms with E-state index in [0.717, 1.165) is 12.8 Å². The summed E-state index contributed by atoms with van der Waals surface area (Å²) in [5, 5.41) is 0. The van der Waals surface area contributed by atoms with Crippen molar-refractivity contribution in [2.75, 3.05) is 0 Å². The molecule has 0 saturated carbocycles. The maximum absolute atomic E-state index is 12.3. The van der Waals surface area contributed by atoms with Crippen molar-refractivity contribution >= 4 is 34.6 Å². The van der Waals surface area contributed by atoms with Crippen LogP contribution in [0.3, 0.4) is 0 Å². The maximum atomic E-state index is 12.3. The van der Waals surface area contributed by atoms with Crippen LogP contribution in [0.4, 0.5) is 0 Å². The molecule has 0 spiro atoms. The highest BCUT2D eigenvalue weighted by Crippen LogP contribution is 2.25. The van der Waals surface area contributed by atoms with Crippen LogP contribution >= 0.6 is 22.9 Å². The smallest absolute Gasteiger partial charge is 0.223 e. The third-order valence-electron chi connectivity index (χ3n) is 3.90. The molecule has 2 rings (SSSR count). The van der Waals surface area contributed by atoms with E-state index in [1.54, 1.807) is 12.1 Å². The number of amides is 1. The fourth-order valence-corrected chi connectivity index (χ4v) is 3.86. The maximum Gasteiger partial charge on any atom is 0.223 e. The quantitative estimate of drug-likeness (QED) is 0.783. The zero-order valence-corrected chi connectivity index (χ0v) is 13.5. The van der Waals surface area contributed by atoms with Crippen LogP contribution in [0.25, 0.3) is 0 Å². The lowest BCUT2D eigenvalue weighted by molar-refractivity contribution is -0.137. The standard InChI is InChI=1S/C15H20ClNO2S/c1-10-4-3-5-11(2)17(10)15(19)9-6-12(18)13-7-8-14(16)20-13/h7-8,10-11H,3-6,9H2,1-2H3. The molecule has 1 saturated heterocycles. The van der Waals surface area contributed by atoms with E-state index >= 15 is 0 Å². The number of nitrogens with zero attached hydrogens (tertiary/aromatic N) is 1. The Kier molecular flexibility index (Phi) is 5.22. The number of thiophene rings is 1. The predicted molar refractivity (Wildman–Crippen MR) is 82.5 cm³/mol. The molecule has 1 amide bonds. The first-order valence-corrected chi connectivity index (χ1v) is 8.28. The van der Waals surface area contributed by atoms with E-state index in [4.69, 9.17) is 11.6 Å². The van der Waals surface area contributed by atoms with Gasteiger partial charge in [0.25, 0.3) is 0 Å². The number of Topliss-reactive ketones (excluding diaryl/α,β-unsaturated/α-hetero) is 1. The molecule has 1 fully saturated rings. The van der Waals surface area contributed by atoms with Gasteiger partial charge >= 0.3 is 0 Å². The normalized spacial score (nSPS) is 22.9. The number of carbonyl (C=O) groups is 2. The second kappa shape index (κ2) is 6.72. The van der Waals surface area contributed by atoms with Gasteiger partial charge in [-0.15, -0.1) is 11.3 Å². The first-order valence-electron chi connectivity index (χ1n) is 7.08.